The van der Waals surface area contributed by atoms with Crippen molar-refractivity contribution < 1.29 is 19.4 Å². The monoisotopic (exact) mass is 403 g/mol. The van der Waals surface area contributed by atoms with Gasteiger partial charge in [-0.1, -0.05) is 12.1 Å². The van der Waals surface area contributed by atoms with E-state index < -0.39 is 0 Å². The molecule has 2 aliphatic heterocycles. The average molecular weight is 403 g/mol. The summed E-state index contributed by atoms with van der Waals surface area (Å²) < 4.78 is 11.4. The molecule has 0 atom stereocenters. The Morgan fingerprint density at radius 2 is 1.80 bits per heavy atom. The standard InChI is InChI=1S/C23H21N3O4/c27-14-15-1-3-21-19(11-15)25-23(28)18-12-16(2-4-20(18)30-21)17-5-6-24-22(13-17)26-7-9-29-10-8-26/h1-6,11-13,27H,7-10,14H2,(H,25,28). The lowest BCUT2D eigenvalue weighted by Crippen LogP contribution is -2.36. The number of pyridine rings is 1. The predicted molar refractivity (Wildman–Crippen MR) is 113 cm³/mol. The van der Waals surface area contributed by atoms with Crippen LogP contribution in [-0.2, 0) is 11.3 Å². The molecule has 30 heavy (non-hydrogen) atoms. The molecule has 1 fully saturated rings. The highest BCUT2D eigenvalue weighted by atomic mass is 16.5. The molecule has 0 saturated carbocycles. The molecule has 2 N–H and O–H groups in total. The van der Waals surface area contributed by atoms with Crippen LogP contribution in [0.3, 0.4) is 0 Å². The van der Waals surface area contributed by atoms with Gasteiger partial charge >= 0.3 is 0 Å². The molecule has 1 amide bonds. The fraction of sp³-hybridized carbons (Fsp3) is 0.217. The average Bonchev–Trinajstić information content (AvgIpc) is 2.94. The summed E-state index contributed by atoms with van der Waals surface area (Å²) >= 11 is 0. The predicted octanol–water partition coefficient (Wildman–Crippen LogP) is 3.44. The molecule has 2 aromatic carbocycles. The van der Waals surface area contributed by atoms with E-state index in [2.05, 4.69) is 15.2 Å². The van der Waals surface area contributed by atoms with E-state index in [1.807, 2.05) is 30.3 Å². The fourth-order valence-corrected chi connectivity index (χ4v) is 3.71. The largest absolute Gasteiger partial charge is 0.454 e. The molecule has 0 radical (unpaired) electrons. The van der Waals surface area contributed by atoms with Gasteiger partial charge in [-0.2, -0.15) is 0 Å². The van der Waals surface area contributed by atoms with Crippen molar-refractivity contribution in [1.29, 1.82) is 0 Å². The van der Waals surface area contributed by atoms with Gasteiger partial charge in [-0.05, 0) is 53.1 Å². The SMILES string of the molecule is O=C1Nc2cc(CO)ccc2Oc2ccc(-c3ccnc(N4CCOCC4)c3)cc21. The Hall–Kier alpha value is -3.42. The minimum atomic E-state index is -0.247. The number of hydrogen-bond acceptors (Lipinski definition) is 6. The summed E-state index contributed by atoms with van der Waals surface area (Å²) in [5.74, 6) is 1.69. The van der Waals surface area contributed by atoms with Gasteiger partial charge in [-0.3, -0.25) is 4.79 Å². The number of amides is 1. The zero-order valence-corrected chi connectivity index (χ0v) is 16.3. The summed E-state index contributed by atoms with van der Waals surface area (Å²) in [4.78, 5) is 19.6. The second kappa shape index (κ2) is 7.78. The Morgan fingerprint density at radius 3 is 2.63 bits per heavy atom. The van der Waals surface area contributed by atoms with Crippen LogP contribution < -0.4 is 15.0 Å². The normalized spacial score (nSPS) is 15.5. The Bertz CT molecular complexity index is 1110. The first-order valence-electron chi connectivity index (χ1n) is 9.87. The molecule has 7 heteroatoms. The zero-order valence-electron chi connectivity index (χ0n) is 16.3. The number of carbonyl (C=O) groups excluding carboxylic acids is 1. The lowest BCUT2D eigenvalue weighted by atomic mass is 10.0. The number of hydrogen-bond donors (Lipinski definition) is 2. The molecule has 1 aromatic heterocycles. The van der Waals surface area contributed by atoms with E-state index in [-0.39, 0.29) is 12.5 Å². The van der Waals surface area contributed by atoms with Crippen LogP contribution in [0.1, 0.15) is 15.9 Å². The lowest BCUT2D eigenvalue weighted by Gasteiger charge is -2.28. The maximum Gasteiger partial charge on any atom is 0.259 e. The van der Waals surface area contributed by atoms with Gasteiger partial charge in [-0.15, -0.1) is 0 Å². The van der Waals surface area contributed by atoms with Gasteiger partial charge in [0.25, 0.3) is 5.91 Å². The number of morpholine rings is 1. The second-order valence-electron chi connectivity index (χ2n) is 7.26. The lowest BCUT2D eigenvalue weighted by molar-refractivity contribution is 0.102. The number of carbonyl (C=O) groups is 1. The van der Waals surface area contributed by atoms with E-state index in [1.165, 1.54) is 0 Å². The van der Waals surface area contributed by atoms with Gasteiger partial charge in [0.2, 0.25) is 0 Å². The van der Waals surface area contributed by atoms with E-state index in [0.29, 0.717) is 41.5 Å². The maximum absolute atomic E-state index is 12.9. The molecule has 0 aliphatic carbocycles. The molecular formula is C23H21N3O4. The van der Waals surface area contributed by atoms with E-state index in [9.17, 15) is 9.90 Å². The van der Waals surface area contributed by atoms with Crippen LogP contribution in [0, 0.1) is 0 Å². The van der Waals surface area contributed by atoms with Gasteiger partial charge in [0.05, 0.1) is 31.1 Å². The Morgan fingerprint density at radius 1 is 1.00 bits per heavy atom. The number of anilines is 2. The number of aliphatic hydroxyl groups is 1. The van der Waals surface area contributed by atoms with E-state index in [1.54, 1.807) is 24.4 Å². The van der Waals surface area contributed by atoms with Crippen molar-refractivity contribution in [3.05, 3.63) is 65.9 Å². The minimum absolute atomic E-state index is 0.103. The summed E-state index contributed by atoms with van der Waals surface area (Å²) in [5, 5.41) is 12.2. The third-order valence-electron chi connectivity index (χ3n) is 5.33. The quantitative estimate of drug-likeness (QED) is 0.697. The molecule has 0 spiro atoms. The zero-order chi connectivity index (χ0) is 20.5. The number of benzene rings is 2. The van der Waals surface area contributed by atoms with Crippen molar-refractivity contribution in [3.63, 3.8) is 0 Å². The van der Waals surface area contributed by atoms with Crippen LogP contribution in [0.15, 0.2) is 54.7 Å². The first kappa shape index (κ1) is 18.6. The maximum atomic E-state index is 12.9. The molecule has 5 rings (SSSR count). The van der Waals surface area contributed by atoms with Gasteiger partial charge in [0.15, 0.2) is 5.75 Å². The number of aromatic nitrogens is 1. The highest BCUT2D eigenvalue weighted by Crippen LogP contribution is 2.38. The van der Waals surface area contributed by atoms with Crippen molar-refractivity contribution in [2.45, 2.75) is 6.61 Å². The second-order valence-corrected chi connectivity index (χ2v) is 7.26. The highest BCUT2D eigenvalue weighted by molar-refractivity contribution is 6.08. The number of nitrogens with one attached hydrogen (secondary N) is 1. The van der Waals surface area contributed by atoms with E-state index in [0.717, 1.165) is 30.0 Å². The number of aliphatic hydroxyl groups excluding tert-OH is 1. The molecule has 0 unspecified atom stereocenters. The van der Waals surface area contributed by atoms with Crippen molar-refractivity contribution in [2.75, 3.05) is 36.5 Å². The van der Waals surface area contributed by atoms with Crippen LogP contribution in [0.25, 0.3) is 11.1 Å². The number of nitrogens with zero attached hydrogens (tertiary/aromatic N) is 2. The first-order valence-corrected chi connectivity index (χ1v) is 9.87. The van der Waals surface area contributed by atoms with Crippen molar-refractivity contribution in [1.82, 2.24) is 4.98 Å². The summed E-state index contributed by atoms with van der Waals surface area (Å²) in [6, 6.07) is 14.8. The van der Waals surface area contributed by atoms with Crippen molar-refractivity contribution in [3.8, 4) is 22.6 Å². The first-order chi connectivity index (χ1) is 14.7. The molecule has 1 saturated heterocycles. The van der Waals surface area contributed by atoms with Crippen LogP contribution in [-0.4, -0.2) is 42.3 Å². The van der Waals surface area contributed by atoms with Gasteiger partial charge in [0, 0.05) is 19.3 Å². The topological polar surface area (TPSA) is 83.9 Å². The fourth-order valence-electron chi connectivity index (χ4n) is 3.71. The van der Waals surface area contributed by atoms with E-state index in [4.69, 9.17) is 9.47 Å². The summed E-state index contributed by atoms with van der Waals surface area (Å²) in [7, 11) is 0. The van der Waals surface area contributed by atoms with Crippen molar-refractivity contribution in [2.24, 2.45) is 0 Å². The third-order valence-corrected chi connectivity index (χ3v) is 5.33. The molecule has 3 aromatic rings. The van der Waals surface area contributed by atoms with Crippen LogP contribution >= 0.6 is 0 Å². The van der Waals surface area contributed by atoms with Crippen LogP contribution in [0.2, 0.25) is 0 Å². The van der Waals surface area contributed by atoms with Gasteiger partial charge < -0.3 is 24.8 Å². The summed E-state index contributed by atoms with van der Waals surface area (Å²) in [6.45, 7) is 2.91. The highest BCUT2D eigenvalue weighted by Gasteiger charge is 2.22. The number of rotatable bonds is 3. The molecule has 0 bridgehead atoms. The van der Waals surface area contributed by atoms with Crippen LogP contribution in [0.5, 0.6) is 11.5 Å². The molecule has 152 valence electrons. The Labute approximate surface area is 173 Å². The Kier molecular flexibility index (Phi) is 4.82. The summed E-state index contributed by atoms with van der Waals surface area (Å²) in [5.41, 5.74) is 3.59. The smallest absolute Gasteiger partial charge is 0.259 e. The van der Waals surface area contributed by atoms with E-state index >= 15 is 0 Å². The van der Waals surface area contributed by atoms with Gasteiger partial charge in [0.1, 0.15) is 11.6 Å². The number of fused-ring (bicyclic) bond motifs is 2. The summed E-state index contributed by atoms with van der Waals surface area (Å²) in [6.07, 6.45) is 1.79. The molecule has 2 aliphatic rings. The molecular weight excluding hydrogens is 382 g/mol. The third kappa shape index (κ3) is 3.49. The van der Waals surface area contributed by atoms with Crippen LogP contribution in [0.4, 0.5) is 11.5 Å². The van der Waals surface area contributed by atoms with Crippen molar-refractivity contribution >= 4 is 17.4 Å². The number of ether oxygens (including phenoxy) is 2. The molecule has 3 heterocycles. The molecule has 7 nitrogen and oxygen atoms in total. The van der Waals surface area contributed by atoms with Gasteiger partial charge in [-0.25, -0.2) is 4.98 Å². The minimum Gasteiger partial charge on any atom is -0.454 e. The Balaban J connectivity index is 1.48.